The number of ether oxygens (including phenoxy) is 1. The molecule has 232 valence electrons. The lowest BCUT2D eigenvalue weighted by Gasteiger charge is -2.22. The monoisotopic (exact) mass is 590 g/mol. The number of halogens is 3. The lowest BCUT2D eigenvalue weighted by Crippen LogP contribution is -2.05. The maximum absolute atomic E-state index is 15.3. The average molecular weight is 591 g/mol. The van der Waals surface area contributed by atoms with Gasteiger partial charge in [-0.3, -0.25) is 0 Å². The highest BCUT2D eigenvalue weighted by molar-refractivity contribution is 5.74. The van der Waals surface area contributed by atoms with Crippen molar-refractivity contribution in [2.24, 2.45) is 5.92 Å². The lowest BCUT2D eigenvalue weighted by molar-refractivity contribution is 0.285. The van der Waals surface area contributed by atoms with Crippen molar-refractivity contribution < 1.29 is 17.9 Å². The highest BCUT2D eigenvalue weighted by atomic mass is 19.2. The van der Waals surface area contributed by atoms with Crippen molar-refractivity contribution in [1.82, 2.24) is 0 Å². The quantitative estimate of drug-likeness (QED) is 0.142. The van der Waals surface area contributed by atoms with Gasteiger partial charge in [0.2, 0.25) is 5.82 Å². The molecule has 3 aromatic carbocycles. The minimum Gasteiger partial charge on any atom is -0.490 e. The van der Waals surface area contributed by atoms with Crippen molar-refractivity contribution in [1.29, 1.82) is 0 Å². The predicted octanol–water partition coefficient (Wildman–Crippen LogP) is 12.7. The fourth-order valence-corrected chi connectivity index (χ4v) is 6.16. The van der Waals surface area contributed by atoms with Crippen LogP contribution in [0.3, 0.4) is 0 Å². The molecule has 3 aromatic rings. The van der Waals surface area contributed by atoms with Gasteiger partial charge in [0, 0.05) is 11.1 Å². The summed E-state index contributed by atoms with van der Waals surface area (Å²) in [6.07, 6.45) is 20.1. The zero-order chi connectivity index (χ0) is 30.4. The topological polar surface area (TPSA) is 9.23 Å². The van der Waals surface area contributed by atoms with Crippen LogP contribution in [0.25, 0.3) is 27.8 Å². The number of benzene rings is 3. The van der Waals surface area contributed by atoms with Crippen molar-refractivity contribution in [3.8, 4) is 28.0 Å². The van der Waals surface area contributed by atoms with Gasteiger partial charge in [-0.2, -0.15) is 4.39 Å². The molecule has 1 aliphatic rings. The molecule has 4 heteroatoms. The van der Waals surface area contributed by atoms with E-state index in [9.17, 15) is 8.78 Å². The lowest BCUT2D eigenvalue weighted by atomic mass is 9.83. The Balaban J connectivity index is 1.34. The third-order valence-electron chi connectivity index (χ3n) is 8.88. The van der Waals surface area contributed by atoms with E-state index in [1.54, 1.807) is 36.4 Å². The van der Waals surface area contributed by atoms with Gasteiger partial charge in [-0.15, -0.1) is 0 Å². The summed E-state index contributed by atoms with van der Waals surface area (Å²) in [4.78, 5) is 0. The van der Waals surface area contributed by atoms with Gasteiger partial charge < -0.3 is 4.74 Å². The summed E-state index contributed by atoms with van der Waals surface area (Å²) in [6, 6.07) is 15.5. The number of allylic oxidation sites excluding steroid dienone is 2. The van der Waals surface area contributed by atoms with E-state index in [2.05, 4.69) is 19.9 Å². The second-order valence-corrected chi connectivity index (χ2v) is 12.2. The number of rotatable bonds is 17. The molecule has 1 nitrogen and oxygen atoms in total. The van der Waals surface area contributed by atoms with Crippen LogP contribution in [0.1, 0.15) is 116 Å². The first-order chi connectivity index (χ1) is 21.0. The first kappa shape index (κ1) is 32.9. The summed E-state index contributed by atoms with van der Waals surface area (Å²) >= 11 is 0. The van der Waals surface area contributed by atoms with Crippen LogP contribution in [0.5, 0.6) is 5.75 Å². The second kappa shape index (κ2) is 17.3. The van der Waals surface area contributed by atoms with Gasteiger partial charge in [0.1, 0.15) is 5.82 Å². The van der Waals surface area contributed by atoms with Crippen molar-refractivity contribution >= 4 is 5.57 Å². The smallest absolute Gasteiger partial charge is 0.201 e. The Labute approximate surface area is 257 Å². The molecule has 0 heterocycles. The molecule has 1 atom stereocenters. The van der Waals surface area contributed by atoms with Crippen molar-refractivity contribution in [3.63, 3.8) is 0 Å². The van der Waals surface area contributed by atoms with E-state index >= 15 is 4.39 Å². The molecule has 0 saturated carbocycles. The van der Waals surface area contributed by atoms with Crippen LogP contribution in [-0.2, 0) is 0 Å². The highest BCUT2D eigenvalue weighted by Crippen LogP contribution is 2.36. The molecule has 0 aliphatic heterocycles. The molecule has 0 spiro atoms. The van der Waals surface area contributed by atoms with Crippen LogP contribution >= 0.6 is 0 Å². The first-order valence-corrected chi connectivity index (χ1v) is 16.7. The summed E-state index contributed by atoms with van der Waals surface area (Å²) in [5.41, 5.74) is 4.09. The Hall–Kier alpha value is -3.01. The van der Waals surface area contributed by atoms with Crippen molar-refractivity contribution in [2.45, 2.75) is 110 Å². The molecule has 0 amide bonds. The minimum absolute atomic E-state index is 0.0559. The summed E-state index contributed by atoms with van der Waals surface area (Å²) in [6.45, 7) is 4.80. The Morgan fingerprint density at radius 3 is 1.91 bits per heavy atom. The fraction of sp³-hybridized carbons (Fsp3) is 0.487. The van der Waals surface area contributed by atoms with Gasteiger partial charge in [0.15, 0.2) is 11.6 Å². The second-order valence-electron chi connectivity index (χ2n) is 12.2. The summed E-state index contributed by atoms with van der Waals surface area (Å²) < 4.78 is 50.6. The molecule has 0 N–H and O–H groups in total. The van der Waals surface area contributed by atoms with E-state index in [0.29, 0.717) is 23.3 Å². The minimum atomic E-state index is -0.968. The molecule has 43 heavy (non-hydrogen) atoms. The number of unbranched alkanes of at least 4 members (excludes halogenated alkanes) is 9. The third kappa shape index (κ3) is 9.49. The zero-order valence-corrected chi connectivity index (χ0v) is 26.2. The molecule has 0 saturated heterocycles. The molecule has 1 unspecified atom stereocenters. The molecular weight excluding hydrogens is 541 g/mol. The van der Waals surface area contributed by atoms with Crippen LogP contribution in [0, 0.1) is 23.4 Å². The van der Waals surface area contributed by atoms with E-state index in [1.807, 2.05) is 12.1 Å². The summed E-state index contributed by atoms with van der Waals surface area (Å²) in [5.74, 6) is -1.47. The van der Waals surface area contributed by atoms with E-state index in [-0.39, 0.29) is 17.1 Å². The Morgan fingerprint density at radius 1 is 0.651 bits per heavy atom. The van der Waals surface area contributed by atoms with Gasteiger partial charge in [-0.1, -0.05) is 127 Å². The molecule has 1 aliphatic carbocycles. The van der Waals surface area contributed by atoms with Gasteiger partial charge >= 0.3 is 0 Å². The molecule has 0 aromatic heterocycles. The maximum Gasteiger partial charge on any atom is 0.201 e. The normalized spacial score (nSPS) is 15.0. The first-order valence-electron chi connectivity index (χ1n) is 16.7. The van der Waals surface area contributed by atoms with E-state index in [0.717, 1.165) is 43.6 Å². The van der Waals surface area contributed by atoms with Crippen LogP contribution in [0.2, 0.25) is 0 Å². The largest absolute Gasteiger partial charge is 0.490 e. The third-order valence-corrected chi connectivity index (χ3v) is 8.88. The van der Waals surface area contributed by atoms with Crippen LogP contribution in [-0.4, -0.2) is 6.61 Å². The van der Waals surface area contributed by atoms with Crippen LogP contribution in [0.15, 0.2) is 60.7 Å². The number of hydrogen-bond acceptors (Lipinski definition) is 1. The van der Waals surface area contributed by atoms with Gasteiger partial charge in [-0.25, -0.2) is 8.78 Å². The molecule has 4 rings (SSSR count). The predicted molar refractivity (Wildman–Crippen MR) is 175 cm³/mol. The average Bonchev–Trinajstić information content (AvgIpc) is 3.03. The molecule has 0 bridgehead atoms. The maximum atomic E-state index is 15.3. The zero-order valence-electron chi connectivity index (χ0n) is 26.2. The SMILES string of the molecule is CCCCCCCCOc1ccc(-c2ccc(-c3ccc(C4=CCC(CCCCCCC)CC4)cc3F)cc2)c(F)c1F. The van der Waals surface area contributed by atoms with Gasteiger partial charge in [0.05, 0.1) is 6.61 Å². The van der Waals surface area contributed by atoms with Crippen molar-refractivity contribution in [2.75, 3.05) is 6.61 Å². The van der Waals surface area contributed by atoms with Gasteiger partial charge in [0.25, 0.3) is 0 Å². The van der Waals surface area contributed by atoms with Crippen LogP contribution < -0.4 is 4.74 Å². The molecular formula is C39H49F3O. The Bertz CT molecular complexity index is 1310. The van der Waals surface area contributed by atoms with E-state index in [1.165, 1.54) is 75.8 Å². The van der Waals surface area contributed by atoms with Crippen molar-refractivity contribution in [3.05, 3.63) is 83.7 Å². The number of hydrogen-bond donors (Lipinski definition) is 0. The summed E-state index contributed by atoms with van der Waals surface area (Å²) in [7, 11) is 0. The summed E-state index contributed by atoms with van der Waals surface area (Å²) in [5, 5.41) is 0. The highest BCUT2D eigenvalue weighted by Gasteiger charge is 2.18. The molecule has 0 radical (unpaired) electrons. The Kier molecular flexibility index (Phi) is 13.3. The fourth-order valence-electron chi connectivity index (χ4n) is 6.16. The molecule has 0 fully saturated rings. The van der Waals surface area contributed by atoms with E-state index < -0.39 is 11.6 Å². The Morgan fingerprint density at radius 2 is 1.26 bits per heavy atom. The van der Waals surface area contributed by atoms with E-state index in [4.69, 9.17) is 4.74 Å². The van der Waals surface area contributed by atoms with Crippen LogP contribution in [0.4, 0.5) is 13.2 Å². The van der Waals surface area contributed by atoms with Gasteiger partial charge in [-0.05, 0) is 72.1 Å². The standard InChI is InChI=1S/C39H49F3O/c1-3-5-7-9-11-13-27-43-37-26-25-35(38(41)39(37)42)32-21-19-31(20-22-32)34-24-23-33(28-36(34)40)30-17-15-29(16-18-30)14-12-10-8-6-4-2/h17,19-26,28-29H,3-16,18,27H2,1-2H3.